The van der Waals surface area contributed by atoms with Gasteiger partial charge >= 0.3 is 0 Å². The standard InChI is InChI=1S/C20H21ClN4O2/c1-4-27-15-7-5-14(6-8-15)23-20-22-10-9-19(25-20)24-17-11-13(2)16(21)12-18(17)26-3/h5-12H,4H2,1-3H3,(H2,22,23,24,25). The van der Waals surface area contributed by atoms with Crippen LogP contribution in [0.3, 0.4) is 0 Å². The Balaban J connectivity index is 1.77. The van der Waals surface area contributed by atoms with Crippen LogP contribution in [0.25, 0.3) is 0 Å². The maximum Gasteiger partial charge on any atom is 0.229 e. The lowest BCUT2D eigenvalue weighted by molar-refractivity contribution is 0.340. The Morgan fingerprint density at radius 2 is 1.85 bits per heavy atom. The number of hydrogen-bond donors (Lipinski definition) is 2. The fourth-order valence-corrected chi connectivity index (χ4v) is 2.64. The van der Waals surface area contributed by atoms with Gasteiger partial charge in [0.2, 0.25) is 5.95 Å². The lowest BCUT2D eigenvalue weighted by atomic mass is 10.2. The summed E-state index contributed by atoms with van der Waals surface area (Å²) < 4.78 is 10.8. The van der Waals surface area contributed by atoms with Crippen molar-refractivity contribution in [1.29, 1.82) is 0 Å². The molecule has 0 aliphatic rings. The third-order valence-electron chi connectivity index (χ3n) is 3.82. The van der Waals surface area contributed by atoms with Gasteiger partial charge in [0, 0.05) is 23.0 Å². The highest BCUT2D eigenvalue weighted by Gasteiger charge is 2.09. The molecule has 0 unspecified atom stereocenters. The fourth-order valence-electron chi connectivity index (χ4n) is 2.49. The first-order chi connectivity index (χ1) is 13.1. The summed E-state index contributed by atoms with van der Waals surface area (Å²) in [5.41, 5.74) is 2.60. The van der Waals surface area contributed by atoms with Gasteiger partial charge < -0.3 is 20.1 Å². The van der Waals surface area contributed by atoms with Crippen LogP contribution in [0.5, 0.6) is 11.5 Å². The van der Waals surface area contributed by atoms with Gasteiger partial charge in [-0.05, 0) is 55.8 Å². The van der Waals surface area contributed by atoms with Crippen molar-refractivity contribution >= 4 is 34.7 Å². The number of nitrogens with zero attached hydrogens (tertiary/aromatic N) is 2. The molecule has 1 heterocycles. The number of benzene rings is 2. The Kier molecular flexibility index (Phi) is 5.98. The zero-order valence-electron chi connectivity index (χ0n) is 15.4. The van der Waals surface area contributed by atoms with E-state index in [1.165, 1.54) is 0 Å². The summed E-state index contributed by atoms with van der Waals surface area (Å²) in [6.45, 7) is 4.53. The monoisotopic (exact) mass is 384 g/mol. The van der Waals surface area contributed by atoms with Crippen LogP contribution in [-0.2, 0) is 0 Å². The zero-order valence-corrected chi connectivity index (χ0v) is 16.2. The van der Waals surface area contributed by atoms with E-state index in [2.05, 4.69) is 20.6 Å². The smallest absolute Gasteiger partial charge is 0.229 e. The first kappa shape index (κ1) is 18.8. The Bertz CT molecular complexity index is 916. The molecule has 6 nitrogen and oxygen atoms in total. The van der Waals surface area contributed by atoms with Crippen molar-refractivity contribution in [3.63, 3.8) is 0 Å². The van der Waals surface area contributed by atoms with Crippen LogP contribution in [0.1, 0.15) is 12.5 Å². The summed E-state index contributed by atoms with van der Waals surface area (Å²) in [4.78, 5) is 8.76. The minimum atomic E-state index is 0.480. The highest BCUT2D eigenvalue weighted by molar-refractivity contribution is 6.31. The topological polar surface area (TPSA) is 68.3 Å². The highest BCUT2D eigenvalue weighted by Crippen LogP contribution is 2.32. The van der Waals surface area contributed by atoms with Crippen LogP contribution in [-0.4, -0.2) is 23.7 Å². The molecule has 0 radical (unpaired) electrons. The van der Waals surface area contributed by atoms with Crippen molar-refractivity contribution in [3.05, 3.63) is 59.2 Å². The lowest BCUT2D eigenvalue weighted by Gasteiger charge is -2.13. The summed E-state index contributed by atoms with van der Waals surface area (Å²) in [5, 5.41) is 7.08. The molecule has 0 amide bonds. The van der Waals surface area contributed by atoms with Gasteiger partial charge in [0.05, 0.1) is 19.4 Å². The Morgan fingerprint density at radius 3 is 2.56 bits per heavy atom. The molecule has 0 fully saturated rings. The second-order valence-corrected chi connectivity index (χ2v) is 6.18. The molecule has 0 bridgehead atoms. The quantitative estimate of drug-likeness (QED) is 0.573. The van der Waals surface area contributed by atoms with Crippen LogP contribution >= 0.6 is 11.6 Å². The van der Waals surface area contributed by atoms with E-state index in [1.807, 2.05) is 44.2 Å². The summed E-state index contributed by atoms with van der Waals surface area (Å²) in [7, 11) is 1.60. The fraction of sp³-hybridized carbons (Fsp3) is 0.200. The molecule has 0 spiro atoms. The normalized spacial score (nSPS) is 10.4. The number of hydrogen-bond acceptors (Lipinski definition) is 6. The Hall–Kier alpha value is -2.99. The van der Waals surface area contributed by atoms with Gasteiger partial charge in [0.1, 0.15) is 17.3 Å². The summed E-state index contributed by atoms with van der Waals surface area (Å²) in [5.74, 6) is 2.59. The third kappa shape index (κ3) is 4.80. The number of methoxy groups -OCH3 is 1. The molecule has 0 aliphatic carbocycles. The molecule has 0 saturated carbocycles. The Morgan fingerprint density at radius 1 is 1.07 bits per heavy atom. The van der Waals surface area contributed by atoms with Crippen molar-refractivity contribution in [2.45, 2.75) is 13.8 Å². The number of aromatic nitrogens is 2. The predicted molar refractivity (Wildman–Crippen MR) is 109 cm³/mol. The van der Waals surface area contributed by atoms with Crippen LogP contribution < -0.4 is 20.1 Å². The van der Waals surface area contributed by atoms with Crippen LogP contribution in [0, 0.1) is 6.92 Å². The highest BCUT2D eigenvalue weighted by atomic mass is 35.5. The summed E-state index contributed by atoms with van der Waals surface area (Å²) in [6, 6.07) is 13.1. The molecule has 1 aromatic heterocycles. The van der Waals surface area contributed by atoms with Gasteiger partial charge in [-0.1, -0.05) is 11.6 Å². The maximum atomic E-state index is 6.16. The van der Waals surface area contributed by atoms with Crippen LogP contribution in [0.15, 0.2) is 48.7 Å². The molecule has 0 saturated heterocycles. The molecule has 0 aliphatic heterocycles. The van der Waals surface area contributed by atoms with E-state index in [0.29, 0.717) is 29.1 Å². The predicted octanol–water partition coefficient (Wildman–Crippen LogP) is 5.33. The van der Waals surface area contributed by atoms with Gasteiger partial charge in [0.25, 0.3) is 0 Å². The van der Waals surface area contributed by atoms with Crippen molar-refractivity contribution in [2.24, 2.45) is 0 Å². The summed E-state index contributed by atoms with van der Waals surface area (Å²) in [6.07, 6.45) is 1.68. The first-order valence-electron chi connectivity index (χ1n) is 8.53. The molecular weight excluding hydrogens is 364 g/mol. The van der Waals surface area contributed by atoms with E-state index < -0.39 is 0 Å². The van der Waals surface area contributed by atoms with Crippen molar-refractivity contribution < 1.29 is 9.47 Å². The second-order valence-electron chi connectivity index (χ2n) is 5.77. The minimum Gasteiger partial charge on any atom is -0.495 e. The molecule has 7 heteroatoms. The molecule has 3 rings (SSSR count). The average molecular weight is 385 g/mol. The third-order valence-corrected chi connectivity index (χ3v) is 4.23. The molecule has 2 aromatic carbocycles. The largest absolute Gasteiger partial charge is 0.495 e. The van der Waals surface area contributed by atoms with Crippen LogP contribution in [0.4, 0.5) is 23.1 Å². The van der Waals surface area contributed by atoms with Crippen LogP contribution in [0.2, 0.25) is 5.02 Å². The molecule has 27 heavy (non-hydrogen) atoms. The first-order valence-corrected chi connectivity index (χ1v) is 8.91. The van der Waals surface area contributed by atoms with Crippen molar-refractivity contribution in [1.82, 2.24) is 9.97 Å². The van der Waals surface area contributed by atoms with Gasteiger partial charge in [-0.2, -0.15) is 4.98 Å². The molecule has 140 valence electrons. The average Bonchev–Trinajstić information content (AvgIpc) is 2.67. The molecular formula is C20H21ClN4O2. The van der Waals surface area contributed by atoms with E-state index in [4.69, 9.17) is 21.1 Å². The van der Waals surface area contributed by atoms with E-state index >= 15 is 0 Å². The van der Waals surface area contributed by atoms with E-state index in [9.17, 15) is 0 Å². The number of halogens is 1. The summed E-state index contributed by atoms with van der Waals surface area (Å²) >= 11 is 6.16. The van der Waals surface area contributed by atoms with E-state index in [0.717, 1.165) is 22.7 Å². The zero-order chi connectivity index (χ0) is 19.2. The molecule has 2 N–H and O–H groups in total. The second kappa shape index (κ2) is 8.60. The maximum absolute atomic E-state index is 6.16. The number of ether oxygens (including phenoxy) is 2. The Labute approximate surface area is 163 Å². The van der Waals surface area contributed by atoms with E-state index in [1.54, 1.807) is 25.4 Å². The SMILES string of the molecule is CCOc1ccc(Nc2nccc(Nc3cc(C)c(Cl)cc3OC)n2)cc1. The van der Waals surface area contributed by atoms with Gasteiger partial charge in [0.15, 0.2) is 0 Å². The van der Waals surface area contributed by atoms with E-state index in [-0.39, 0.29) is 0 Å². The van der Waals surface area contributed by atoms with Gasteiger partial charge in [-0.3, -0.25) is 0 Å². The number of anilines is 4. The minimum absolute atomic E-state index is 0.480. The molecule has 3 aromatic rings. The lowest BCUT2D eigenvalue weighted by Crippen LogP contribution is -2.02. The van der Waals surface area contributed by atoms with Gasteiger partial charge in [-0.25, -0.2) is 4.98 Å². The number of rotatable bonds is 7. The van der Waals surface area contributed by atoms with Gasteiger partial charge in [-0.15, -0.1) is 0 Å². The molecule has 0 atom stereocenters. The van der Waals surface area contributed by atoms with Crippen molar-refractivity contribution in [3.8, 4) is 11.5 Å². The number of nitrogens with one attached hydrogen (secondary N) is 2. The van der Waals surface area contributed by atoms with Crippen molar-refractivity contribution in [2.75, 3.05) is 24.4 Å². The number of aryl methyl sites for hydroxylation is 1.